The highest BCUT2D eigenvalue weighted by molar-refractivity contribution is 7.18. The van der Waals surface area contributed by atoms with Gasteiger partial charge in [-0.05, 0) is 37.3 Å². The van der Waals surface area contributed by atoms with Crippen LogP contribution >= 0.6 is 11.3 Å². The average Bonchev–Trinajstić information content (AvgIpc) is 3.26. The molecule has 0 aliphatic carbocycles. The van der Waals surface area contributed by atoms with E-state index in [-0.39, 0.29) is 5.91 Å². The van der Waals surface area contributed by atoms with Crippen molar-refractivity contribution in [3.8, 4) is 11.5 Å². The van der Waals surface area contributed by atoms with Crippen LogP contribution in [0.1, 0.15) is 15.5 Å². The lowest BCUT2D eigenvalue weighted by Gasteiger charge is -2.02. The van der Waals surface area contributed by atoms with Crippen molar-refractivity contribution in [2.24, 2.45) is 0 Å². The van der Waals surface area contributed by atoms with Crippen LogP contribution in [0.15, 0.2) is 47.1 Å². The Morgan fingerprint density at radius 2 is 2.22 bits per heavy atom. The number of benzene rings is 1. The Hall–Kier alpha value is -2.93. The molecule has 0 spiro atoms. The van der Waals surface area contributed by atoms with Gasteiger partial charge < -0.3 is 9.73 Å². The van der Waals surface area contributed by atoms with Crippen LogP contribution in [0, 0.1) is 6.92 Å². The Morgan fingerprint density at radius 1 is 1.30 bits per heavy atom. The smallest absolute Gasteiger partial charge is 0.276 e. The Labute approximate surface area is 135 Å². The molecule has 0 fully saturated rings. The zero-order valence-corrected chi connectivity index (χ0v) is 13.0. The van der Waals surface area contributed by atoms with Gasteiger partial charge in [-0.25, -0.2) is 4.98 Å². The van der Waals surface area contributed by atoms with Crippen LogP contribution in [0.2, 0.25) is 0 Å². The van der Waals surface area contributed by atoms with Crippen molar-refractivity contribution in [1.82, 2.24) is 15.2 Å². The number of hydrogen-bond acceptors (Lipinski definition) is 5. The number of furan rings is 1. The summed E-state index contributed by atoms with van der Waals surface area (Å²) in [7, 11) is 0. The summed E-state index contributed by atoms with van der Waals surface area (Å²) in [6.45, 7) is 1.96. The minimum absolute atomic E-state index is 0.287. The summed E-state index contributed by atoms with van der Waals surface area (Å²) >= 11 is 1.63. The predicted octanol–water partition coefficient (Wildman–Crippen LogP) is 3.84. The second kappa shape index (κ2) is 5.36. The summed E-state index contributed by atoms with van der Waals surface area (Å²) in [4.78, 5) is 16.7. The normalized spacial score (nSPS) is 11.0. The lowest BCUT2D eigenvalue weighted by Crippen LogP contribution is -2.12. The summed E-state index contributed by atoms with van der Waals surface area (Å²) < 4.78 is 6.37. The number of nitrogens with zero attached hydrogens (tertiary/aromatic N) is 2. The maximum absolute atomic E-state index is 12.3. The SMILES string of the molecule is Cc1nc2cc(NC(=O)c3cc(-c4ccco4)[nH]n3)ccc2s1. The number of rotatable bonds is 3. The topological polar surface area (TPSA) is 83.8 Å². The fraction of sp³-hybridized carbons (Fsp3) is 0.0625. The molecule has 0 radical (unpaired) electrons. The molecule has 7 heteroatoms. The van der Waals surface area contributed by atoms with E-state index in [0.29, 0.717) is 22.8 Å². The van der Waals surface area contributed by atoms with Gasteiger partial charge in [-0.3, -0.25) is 9.89 Å². The van der Waals surface area contributed by atoms with Crippen LogP contribution in [0.5, 0.6) is 0 Å². The highest BCUT2D eigenvalue weighted by atomic mass is 32.1. The number of fused-ring (bicyclic) bond motifs is 1. The average molecular weight is 324 g/mol. The molecule has 0 aliphatic heterocycles. The van der Waals surface area contributed by atoms with Gasteiger partial charge in [0, 0.05) is 11.8 Å². The molecule has 0 aliphatic rings. The summed E-state index contributed by atoms with van der Waals surface area (Å²) in [5.74, 6) is 0.348. The molecular formula is C16H12N4O2S. The molecular weight excluding hydrogens is 312 g/mol. The third-order valence-corrected chi connectivity index (χ3v) is 4.30. The first kappa shape index (κ1) is 13.7. The van der Waals surface area contributed by atoms with Gasteiger partial charge in [0.25, 0.3) is 5.91 Å². The minimum Gasteiger partial charge on any atom is -0.463 e. The molecule has 0 bridgehead atoms. The zero-order chi connectivity index (χ0) is 15.8. The van der Waals surface area contributed by atoms with Crippen LogP contribution < -0.4 is 5.32 Å². The number of hydrogen-bond donors (Lipinski definition) is 2. The first-order valence-electron chi connectivity index (χ1n) is 6.97. The maximum atomic E-state index is 12.3. The highest BCUT2D eigenvalue weighted by Gasteiger charge is 2.13. The molecule has 0 unspecified atom stereocenters. The van der Waals surface area contributed by atoms with Gasteiger partial charge in [0.2, 0.25) is 0 Å². The van der Waals surface area contributed by atoms with Crippen LogP contribution in [0.4, 0.5) is 5.69 Å². The van der Waals surface area contributed by atoms with E-state index in [4.69, 9.17) is 4.42 Å². The fourth-order valence-electron chi connectivity index (χ4n) is 2.31. The van der Waals surface area contributed by atoms with Crippen LogP contribution in [0.25, 0.3) is 21.7 Å². The summed E-state index contributed by atoms with van der Waals surface area (Å²) in [6, 6.07) is 10.9. The quantitative estimate of drug-likeness (QED) is 0.599. The van der Waals surface area contributed by atoms with E-state index in [1.54, 1.807) is 35.8 Å². The zero-order valence-electron chi connectivity index (χ0n) is 12.2. The predicted molar refractivity (Wildman–Crippen MR) is 88.6 cm³/mol. The van der Waals surface area contributed by atoms with Crippen molar-refractivity contribution < 1.29 is 9.21 Å². The van der Waals surface area contributed by atoms with E-state index in [0.717, 1.165) is 15.2 Å². The summed E-state index contributed by atoms with van der Waals surface area (Å²) in [5.41, 5.74) is 2.52. The van der Waals surface area contributed by atoms with Crippen molar-refractivity contribution in [1.29, 1.82) is 0 Å². The number of aryl methyl sites for hydroxylation is 1. The molecule has 0 saturated heterocycles. The van der Waals surface area contributed by atoms with Crippen molar-refractivity contribution in [2.75, 3.05) is 5.32 Å². The number of H-pyrrole nitrogens is 1. The second-order valence-corrected chi connectivity index (χ2v) is 6.25. The molecule has 23 heavy (non-hydrogen) atoms. The molecule has 0 saturated carbocycles. The first-order chi connectivity index (χ1) is 11.2. The number of thiazole rings is 1. The summed E-state index contributed by atoms with van der Waals surface area (Å²) in [5, 5.41) is 10.6. The van der Waals surface area contributed by atoms with Crippen LogP contribution in [0.3, 0.4) is 0 Å². The van der Waals surface area contributed by atoms with Crippen molar-refractivity contribution in [3.05, 3.63) is 53.4 Å². The number of aromatic amines is 1. The third-order valence-electron chi connectivity index (χ3n) is 3.35. The number of carbonyl (C=O) groups is 1. The van der Waals surface area contributed by atoms with E-state index in [1.165, 1.54) is 0 Å². The molecule has 3 heterocycles. The van der Waals surface area contributed by atoms with Crippen molar-refractivity contribution >= 4 is 33.1 Å². The number of anilines is 1. The first-order valence-corrected chi connectivity index (χ1v) is 7.78. The standard InChI is InChI=1S/C16H12N4O2S/c1-9-17-12-7-10(4-5-15(12)23-9)18-16(21)13-8-11(19-20-13)14-3-2-6-22-14/h2-8H,1H3,(H,18,21)(H,19,20). The van der Waals surface area contributed by atoms with E-state index in [9.17, 15) is 4.79 Å². The van der Waals surface area contributed by atoms with Crippen LogP contribution in [-0.2, 0) is 0 Å². The largest absolute Gasteiger partial charge is 0.463 e. The van der Waals surface area contributed by atoms with Gasteiger partial charge in [-0.1, -0.05) is 0 Å². The Bertz CT molecular complexity index is 985. The Kier molecular flexibility index (Phi) is 3.20. The molecule has 3 aromatic heterocycles. The number of aromatic nitrogens is 3. The number of nitrogens with one attached hydrogen (secondary N) is 2. The summed E-state index contributed by atoms with van der Waals surface area (Å²) in [6.07, 6.45) is 1.57. The minimum atomic E-state index is -0.287. The molecule has 6 nitrogen and oxygen atoms in total. The monoisotopic (exact) mass is 324 g/mol. The fourth-order valence-corrected chi connectivity index (χ4v) is 3.12. The maximum Gasteiger partial charge on any atom is 0.276 e. The third kappa shape index (κ3) is 2.62. The second-order valence-electron chi connectivity index (χ2n) is 5.01. The van der Waals surface area contributed by atoms with Crippen molar-refractivity contribution in [2.45, 2.75) is 6.92 Å². The van der Waals surface area contributed by atoms with Gasteiger partial charge in [0.1, 0.15) is 5.69 Å². The van der Waals surface area contributed by atoms with Crippen molar-refractivity contribution in [3.63, 3.8) is 0 Å². The van der Waals surface area contributed by atoms with E-state index in [2.05, 4.69) is 20.5 Å². The Balaban J connectivity index is 1.56. The van der Waals surface area contributed by atoms with Gasteiger partial charge in [0.15, 0.2) is 11.5 Å². The Morgan fingerprint density at radius 3 is 3.04 bits per heavy atom. The van der Waals surface area contributed by atoms with E-state index >= 15 is 0 Å². The van der Waals surface area contributed by atoms with E-state index in [1.807, 2.05) is 25.1 Å². The molecule has 1 amide bonds. The van der Waals surface area contributed by atoms with Gasteiger partial charge in [-0.15, -0.1) is 11.3 Å². The van der Waals surface area contributed by atoms with E-state index < -0.39 is 0 Å². The van der Waals surface area contributed by atoms with Gasteiger partial charge >= 0.3 is 0 Å². The molecule has 4 aromatic rings. The molecule has 1 aromatic carbocycles. The molecule has 4 rings (SSSR count). The lowest BCUT2D eigenvalue weighted by molar-refractivity contribution is 0.102. The number of amides is 1. The molecule has 0 atom stereocenters. The lowest BCUT2D eigenvalue weighted by atomic mass is 10.2. The van der Waals surface area contributed by atoms with Gasteiger partial charge in [0.05, 0.1) is 21.5 Å². The molecule has 114 valence electrons. The number of carbonyl (C=O) groups excluding carboxylic acids is 1. The van der Waals surface area contributed by atoms with Gasteiger partial charge in [-0.2, -0.15) is 5.10 Å². The highest BCUT2D eigenvalue weighted by Crippen LogP contribution is 2.25. The van der Waals surface area contributed by atoms with Crippen LogP contribution in [-0.4, -0.2) is 21.1 Å². The molecule has 2 N–H and O–H groups in total.